The molecule has 9 aromatic carbocycles. The van der Waals surface area contributed by atoms with Crippen molar-refractivity contribution in [2.75, 3.05) is 4.90 Å². The van der Waals surface area contributed by atoms with E-state index in [9.17, 15) is 0 Å². The van der Waals surface area contributed by atoms with Crippen molar-refractivity contribution in [3.05, 3.63) is 163 Å². The van der Waals surface area contributed by atoms with Crippen LogP contribution in [-0.4, -0.2) is 13.4 Å². The lowest BCUT2D eigenvalue weighted by molar-refractivity contribution is 0.466. The van der Waals surface area contributed by atoms with E-state index in [-0.39, 0.29) is 13.4 Å². The summed E-state index contributed by atoms with van der Waals surface area (Å²) in [6.45, 7) is 4.16. The lowest BCUT2D eigenvalue weighted by Gasteiger charge is -2.49. The van der Waals surface area contributed by atoms with E-state index in [1.807, 2.05) is 23.5 Å². The molecule has 0 bridgehead atoms. The number of furan rings is 2. The van der Waals surface area contributed by atoms with Gasteiger partial charge in [-0.1, -0.05) is 168 Å². The quantitative estimate of drug-likeness (QED) is 0.161. The molecular formula is C56H31B2NO3S2. The van der Waals surface area contributed by atoms with Crippen LogP contribution in [0.4, 0.5) is 17.1 Å². The molecule has 0 atom stereocenters. The van der Waals surface area contributed by atoms with Gasteiger partial charge >= 0.3 is 0 Å². The molecule has 8 heteroatoms. The van der Waals surface area contributed by atoms with Gasteiger partial charge in [-0.2, -0.15) is 0 Å². The molecule has 0 unspecified atom stereocenters. The monoisotopic (exact) mass is 851 g/mol. The zero-order chi connectivity index (χ0) is 41.7. The second-order valence-corrected chi connectivity index (χ2v) is 20.1. The molecular weight excluding hydrogens is 820 g/mol. The van der Waals surface area contributed by atoms with E-state index in [1.165, 1.54) is 80.3 Å². The van der Waals surface area contributed by atoms with E-state index in [1.54, 1.807) is 0 Å². The average molecular weight is 852 g/mol. The molecule has 11 aromatic rings. The maximum atomic E-state index is 7.60. The van der Waals surface area contributed by atoms with Crippen molar-refractivity contribution in [3.63, 3.8) is 0 Å². The number of ether oxygens (including phenoxy) is 1. The topological polar surface area (TPSA) is 38.8 Å². The molecule has 0 fully saturated rings. The summed E-state index contributed by atoms with van der Waals surface area (Å²) in [5.74, 6) is 1.50. The molecule has 0 aliphatic carbocycles. The van der Waals surface area contributed by atoms with E-state index >= 15 is 0 Å². The highest BCUT2D eigenvalue weighted by Crippen LogP contribution is 2.59. The first-order valence-corrected chi connectivity index (χ1v) is 23.6. The lowest BCUT2D eigenvalue weighted by Crippen LogP contribution is -2.67. The molecule has 7 heterocycles. The minimum atomic E-state index is -0.0488. The SMILES string of the molecule is Cc1ccc2c(c1)oc1c3c4c(cc12)B1c2cccc(-c5ccccc5)c2Sc2cc5c6c(c21)N4c1c(cc2c(oc4cc(C)ccc42)c1O3)B6c1cccc(-c2ccccc2)c1S5. The summed E-state index contributed by atoms with van der Waals surface area (Å²) >= 11 is 3.87. The Kier molecular flexibility index (Phi) is 6.45. The number of benzene rings is 9. The molecule has 0 saturated carbocycles. The van der Waals surface area contributed by atoms with Gasteiger partial charge in [-0.15, -0.1) is 0 Å². The van der Waals surface area contributed by atoms with Gasteiger partial charge in [0, 0.05) is 46.8 Å². The van der Waals surface area contributed by atoms with Crippen LogP contribution in [0.15, 0.2) is 180 Å². The summed E-state index contributed by atoms with van der Waals surface area (Å²) < 4.78 is 21.6. The van der Waals surface area contributed by atoms with Crippen LogP contribution in [0.1, 0.15) is 11.1 Å². The molecule has 2 aromatic heterocycles. The number of hydrogen-bond acceptors (Lipinski definition) is 6. The Bertz CT molecular complexity index is 3740. The van der Waals surface area contributed by atoms with Gasteiger partial charge in [0.05, 0.1) is 11.4 Å². The van der Waals surface area contributed by atoms with Crippen LogP contribution >= 0.6 is 23.5 Å². The molecule has 0 amide bonds. The Hall–Kier alpha value is -6.99. The van der Waals surface area contributed by atoms with Crippen LogP contribution in [0.2, 0.25) is 0 Å². The third kappa shape index (κ3) is 4.22. The van der Waals surface area contributed by atoms with Crippen molar-refractivity contribution in [3.8, 4) is 33.8 Å². The Morgan fingerprint density at radius 2 is 0.922 bits per heavy atom. The van der Waals surface area contributed by atoms with Crippen molar-refractivity contribution in [2.24, 2.45) is 0 Å². The second kappa shape index (κ2) is 12.0. The molecule has 4 nitrogen and oxygen atoms in total. The highest BCUT2D eigenvalue weighted by molar-refractivity contribution is 8.01. The van der Waals surface area contributed by atoms with Gasteiger partial charge in [0.25, 0.3) is 0 Å². The second-order valence-electron chi connectivity index (χ2n) is 18.0. The number of nitrogens with zero attached hydrogens (tertiary/aromatic N) is 1. The number of fused-ring (bicyclic) bond motifs is 14. The van der Waals surface area contributed by atoms with Gasteiger partial charge in [-0.05, 0) is 87.3 Å². The average Bonchev–Trinajstić information content (AvgIpc) is 3.88. The van der Waals surface area contributed by atoms with E-state index in [0.29, 0.717) is 0 Å². The van der Waals surface area contributed by atoms with Gasteiger partial charge in [0.2, 0.25) is 13.4 Å². The third-order valence-electron chi connectivity index (χ3n) is 14.4. The van der Waals surface area contributed by atoms with E-state index < -0.39 is 0 Å². The number of aryl methyl sites for hydroxylation is 2. The zero-order valence-corrected chi connectivity index (χ0v) is 36.2. The first kappa shape index (κ1) is 34.5. The summed E-state index contributed by atoms with van der Waals surface area (Å²) in [5.41, 5.74) is 21.8. The summed E-state index contributed by atoms with van der Waals surface area (Å²) in [4.78, 5) is 7.81. The van der Waals surface area contributed by atoms with E-state index in [0.717, 1.165) is 77.9 Å². The van der Waals surface area contributed by atoms with Crippen molar-refractivity contribution in [1.29, 1.82) is 0 Å². The first-order valence-electron chi connectivity index (χ1n) is 22.0. The summed E-state index contributed by atoms with van der Waals surface area (Å²) in [5, 5.41) is 4.31. The molecule has 5 aliphatic rings. The van der Waals surface area contributed by atoms with Crippen molar-refractivity contribution in [2.45, 2.75) is 33.4 Å². The van der Waals surface area contributed by atoms with Gasteiger partial charge in [-0.3, -0.25) is 0 Å². The van der Waals surface area contributed by atoms with Crippen molar-refractivity contribution in [1.82, 2.24) is 0 Å². The van der Waals surface area contributed by atoms with Crippen LogP contribution in [0.25, 0.3) is 66.1 Å². The molecule has 64 heavy (non-hydrogen) atoms. The standard InChI is InChI=1S/C56H31B2NO3S2/c1-28-19-21-34-36-25-40-48-53(51(36)60-42(34)23-28)62-54-49-41(26-37-35-22-20-29(2)24-43(35)61-52(37)54)58-39-18-10-16-33(31-13-7-4-8-14-31)56(39)64-45-27-44-46(50(47(45)58)59(48)49)57(40)38-17-9-15-32(55(38)63-44)30-11-5-3-6-12-30/h3-27H,1-2H3. The number of hydrogen-bond donors (Lipinski definition) is 0. The van der Waals surface area contributed by atoms with Crippen LogP contribution in [0, 0.1) is 13.8 Å². The predicted octanol–water partition coefficient (Wildman–Crippen LogP) is 11.6. The van der Waals surface area contributed by atoms with Crippen LogP contribution in [0.3, 0.4) is 0 Å². The fraction of sp³-hybridized carbons (Fsp3) is 0.0357. The van der Waals surface area contributed by atoms with Gasteiger partial charge in [-0.25, -0.2) is 0 Å². The van der Waals surface area contributed by atoms with Crippen LogP contribution in [0.5, 0.6) is 11.5 Å². The molecule has 0 radical (unpaired) electrons. The molecule has 5 aliphatic heterocycles. The van der Waals surface area contributed by atoms with Crippen LogP contribution in [-0.2, 0) is 0 Å². The van der Waals surface area contributed by atoms with E-state index in [4.69, 9.17) is 13.6 Å². The highest BCUT2D eigenvalue weighted by Gasteiger charge is 2.54. The first-order chi connectivity index (χ1) is 31.6. The molecule has 16 rings (SSSR count). The lowest BCUT2D eigenvalue weighted by atomic mass is 9.30. The minimum absolute atomic E-state index is 0.0488. The van der Waals surface area contributed by atoms with Crippen LogP contribution < -0.4 is 42.4 Å². The number of anilines is 3. The fourth-order valence-corrected chi connectivity index (χ4v) is 14.5. The third-order valence-corrected chi connectivity index (χ3v) is 16.9. The Morgan fingerprint density at radius 1 is 0.438 bits per heavy atom. The highest BCUT2D eigenvalue weighted by atomic mass is 32.2. The minimum Gasteiger partial charge on any atom is -0.452 e. The summed E-state index contributed by atoms with van der Waals surface area (Å²) in [6.07, 6.45) is 0. The Labute approximate surface area is 377 Å². The maximum absolute atomic E-state index is 7.60. The summed E-state index contributed by atoms with van der Waals surface area (Å²) in [6, 6.07) is 56.1. The smallest absolute Gasteiger partial charge is 0.249 e. The van der Waals surface area contributed by atoms with E-state index in [2.05, 4.69) is 170 Å². The number of rotatable bonds is 2. The Morgan fingerprint density at radius 3 is 1.41 bits per heavy atom. The van der Waals surface area contributed by atoms with Gasteiger partial charge < -0.3 is 18.5 Å². The molecule has 0 N–H and O–H groups in total. The normalized spacial score (nSPS) is 14.3. The molecule has 0 spiro atoms. The van der Waals surface area contributed by atoms with Gasteiger partial charge in [0.15, 0.2) is 22.7 Å². The zero-order valence-electron chi connectivity index (χ0n) is 34.6. The predicted molar refractivity (Wildman–Crippen MR) is 267 cm³/mol. The Balaban J connectivity index is 1.09. The van der Waals surface area contributed by atoms with Crippen molar-refractivity contribution >= 4 is 131 Å². The fourth-order valence-electron chi connectivity index (χ4n) is 11.8. The largest absolute Gasteiger partial charge is 0.452 e. The van der Waals surface area contributed by atoms with Gasteiger partial charge in [0.1, 0.15) is 11.2 Å². The summed E-state index contributed by atoms with van der Waals surface area (Å²) in [7, 11) is 0. The van der Waals surface area contributed by atoms with Crippen molar-refractivity contribution < 1.29 is 13.6 Å². The maximum Gasteiger partial charge on any atom is 0.249 e. The molecule has 296 valence electrons. The molecule has 0 saturated heterocycles.